The van der Waals surface area contributed by atoms with Gasteiger partial charge >= 0.3 is 0 Å². The molecule has 5 nitrogen and oxygen atoms in total. The lowest BCUT2D eigenvalue weighted by atomic mass is 10.1. The van der Waals surface area contributed by atoms with Gasteiger partial charge in [0.15, 0.2) is 5.58 Å². The minimum atomic E-state index is 0.514. The van der Waals surface area contributed by atoms with Gasteiger partial charge in [-0.2, -0.15) is 0 Å². The summed E-state index contributed by atoms with van der Waals surface area (Å²) in [6.45, 7) is 2.00. The Balaban J connectivity index is 1.41. The van der Waals surface area contributed by atoms with Gasteiger partial charge in [0.25, 0.3) is 0 Å². The molecule has 5 rings (SSSR count). The van der Waals surface area contributed by atoms with Crippen molar-refractivity contribution in [2.24, 2.45) is 4.99 Å². The average molecular weight is 477 g/mol. The van der Waals surface area contributed by atoms with Crippen molar-refractivity contribution in [2.75, 3.05) is 7.11 Å². The zero-order valence-corrected chi connectivity index (χ0v) is 19.3. The molecule has 164 valence electrons. The molecule has 0 atom stereocenters. The molecule has 0 saturated heterocycles. The molecular weight excluding hydrogens is 459 g/mol. The summed E-state index contributed by atoms with van der Waals surface area (Å²) in [5.41, 5.74) is 4.88. The summed E-state index contributed by atoms with van der Waals surface area (Å²) in [7, 11) is 1.58. The number of furan rings is 1. The third-order valence-electron chi connectivity index (χ3n) is 5.20. The normalized spacial score (nSPS) is 11.5. The maximum Gasteiger partial charge on any atom is 0.227 e. The summed E-state index contributed by atoms with van der Waals surface area (Å²) in [5, 5.41) is 1.14. The maximum atomic E-state index is 6.23. The first-order valence-electron chi connectivity index (χ1n) is 10.1. The van der Waals surface area contributed by atoms with Gasteiger partial charge in [-0.05, 0) is 73.2 Å². The van der Waals surface area contributed by atoms with Crippen molar-refractivity contribution in [2.45, 2.75) is 6.92 Å². The van der Waals surface area contributed by atoms with Gasteiger partial charge in [-0.1, -0.05) is 29.3 Å². The fourth-order valence-corrected chi connectivity index (χ4v) is 3.86. The summed E-state index contributed by atoms with van der Waals surface area (Å²) in [6, 6.07) is 20.5. The molecule has 0 aliphatic rings. The lowest BCUT2D eigenvalue weighted by molar-refractivity contribution is 0.415. The molecule has 2 heterocycles. The Morgan fingerprint density at radius 3 is 2.58 bits per heavy atom. The number of aromatic nitrogens is 1. The molecule has 5 aromatic rings. The van der Waals surface area contributed by atoms with E-state index in [0.29, 0.717) is 44.3 Å². The Hall–Kier alpha value is -3.54. The number of hydrogen-bond acceptors (Lipinski definition) is 5. The molecule has 33 heavy (non-hydrogen) atoms. The van der Waals surface area contributed by atoms with Crippen LogP contribution in [0.1, 0.15) is 11.3 Å². The van der Waals surface area contributed by atoms with Gasteiger partial charge in [-0.15, -0.1) is 0 Å². The minimum Gasteiger partial charge on any atom is -0.495 e. The number of hydrogen-bond donors (Lipinski definition) is 0. The number of nitrogens with zero attached hydrogens (tertiary/aromatic N) is 2. The molecule has 0 N–H and O–H groups in total. The van der Waals surface area contributed by atoms with Crippen LogP contribution in [0.25, 0.3) is 33.9 Å². The van der Waals surface area contributed by atoms with Crippen molar-refractivity contribution < 1.29 is 13.6 Å². The highest BCUT2D eigenvalue weighted by atomic mass is 35.5. The van der Waals surface area contributed by atoms with Gasteiger partial charge in [-0.25, -0.2) is 4.98 Å². The molecule has 7 heteroatoms. The number of aliphatic imine (C=N–C) groups is 1. The Bertz CT molecular complexity index is 1500. The second-order valence-corrected chi connectivity index (χ2v) is 8.29. The van der Waals surface area contributed by atoms with Crippen LogP contribution in [0.15, 0.2) is 80.6 Å². The predicted octanol–water partition coefficient (Wildman–Crippen LogP) is 8.13. The smallest absolute Gasteiger partial charge is 0.227 e. The zero-order valence-electron chi connectivity index (χ0n) is 17.8. The van der Waals surface area contributed by atoms with E-state index in [-0.39, 0.29) is 0 Å². The molecule has 0 bridgehead atoms. The number of oxazole rings is 1. The molecule has 0 saturated carbocycles. The molecule has 0 fully saturated rings. The van der Waals surface area contributed by atoms with Gasteiger partial charge in [-0.3, -0.25) is 4.99 Å². The van der Waals surface area contributed by atoms with E-state index in [0.717, 1.165) is 22.4 Å². The van der Waals surface area contributed by atoms with E-state index in [9.17, 15) is 0 Å². The van der Waals surface area contributed by atoms with E-state index < -0.39 is 0 Å². The van der Waals surface area contributed by atoms with Gasteiger partial charge in [0, 0.05) is 16.1 Å². The van der Waals surface area contributed by atoms with Gasteiger partial charge in [0.2, 0.25) is 5.89 Å². The van der Waals surface area contributed by atoms with Gasteiger partial charge in [0.1, 0.15) is 22.8 Å². The summed E-state index contributed by atoms with van der Waals surface area (Å²) in [4.78, 5) is 9.17. The van der Waals surface area contributed by atoms with Crippen molar-refractivity contribution in [3.63, 3.8) is 0 Å². The zero-order chi connectivity index (χ0) is 22.9. The number of methoxy groups -OCH3 is 1. The van der Waals surface area contributed by atoms with Crippen LogP contribution in [-0.4, -0.2) is 18.3 Å². The Morgan fingerprint density at radius 2 is 1.76 bits per heavy atom. The van der Waals surface area contributed by atoms with Crippen LogP contribution in [0.5, 0.6) is 5.75 Å². The lowest BCUT2D eigenvalue weighted by Gasteiger charge is -2.04. The second-order valence-electron chi connectivity index (χ2n) is 7.44. The molecular formula is C26H18Cl2N2O3. The van der Waals surface area contributed by atoms with Crippen LogP contribution in [-0.2, 0) is 0 Å². The number of halogens is 2. The number of aryl methyl sites for hydroxylation is 1. The van der Waals surface area contributed by atoms with Crippen molar-refractivity contribution in [3.8, 4) is 28.5 Å². The van der Waals surface area contributed by atoms with Crippen LogP contribution in [0.4, 0.5) is 5.69 Å². The molecule has 3 aromatic carbocycles. The van der Waals surface area contributed by atoms with Crippen LogP contribution < -0.4 is 4.74 Å². The molecule has 0 aliphatic carbocycles. The summed E-state index contributed by atoms with van der Waals surface area (Å²) in [6.07, 6.45) is 1.69. The van der Waals surface area contributed by atoms with E-state index in [1.54, 1.807) is 31.5 Å². The third kappa shape index (κ3) is 4.38. The first kappa shape index (κ1) is 21.3. The summed E-state index contributed by atoms with van der Waals surface area (Å²) < 4.78 is 17.0. The maximum absolute atomic E-state index is 6.23. The highest BCUT2D eigenvalue weighted by Crippen LogP contribution is 2.32. The fourth-order valence-electron chi connectivity index (χ4n) is 3.44. The first-order valence-corrected chi connectivity index (χ1v) is 10.9. The van der Waals surface area contributed by atoms with E-state index in [4.69, 9.17) is 36.8 Å². The van der Waals surface area contributed by atoms with Crippen molar-refractivity contribution in [3.05, 3.63) is 88.1 Å². The van der Waals surface area contributed by atoms with E-state index in [1.807, 2.05) is 55.5 Å². The monoisotopic (exact) mass is 476 g/mol. The molecule has 2 aromatic heterocycles. The molecule has 0 aliphatic heterocycles. The van der Waals surface area contributed by atoms with Crippen LogP contribution in [0.3, 0.4) is 0 Å². The highest BCUT2D eigenvalue weighted by molar-refractivity contribution is 6.32. The highest BCUT2D eigenvalue weighted by Gasteiger charge is 2.11. The van der Waals surface area contributed by atoms with Crippen LogP contribution in [0.2, 0.25) is 10.0 Å². The van der Waals surface area contributed by atoms with Gasteiger partial charge in [0.05, 0.1) is 24.0 Å². The minimum absolute atomic E-state index is 0.514. The van der Waals surface area contributed by atoms with Gasteiger partial charge < -0.3 is 13.6 Å². The van der Waals surface area contributed by atoms with Crippen molar-refractivity contribution >= 4 is 46.2 Å². The van der Waals surface area contributed by atoms with Crippen LogP contribution >= 0.6 is 23.2 Å². The standard InChI is InChI=1S/C26H18Cl2N2O3/c1-15-3-4-17(26-30-22-13-18(27)6-9-25(22)33-26)12-21(15)29-14-19-7-10-23(32-19)16-5-8-24(31-2)20(28)11-16/h3-14H,1-2H3. The lowest BCUT2D eigenvalue weighted by Crippen LogP contribution is -1.84. The van der Waals surface area contributed by atoms with E-state index >= 15 is 0 Å². The Kier molecular flexibility index (Phi) is 5.67. The number of rotatable bonds is 5. The van der Waals surface area contributed by atoms with Crippen LogP contribution in [0, 0.1) is 6.92 Å². The third-order valence-corrected chi connectivity index (χ3v) is 5.73. The number of ether oxygens (including phenoxy) is 1. The molecule has 0 amide bonds. The topological polar surface area (TPSA) is 60.8 Å². The summed E-state index contributed by atoms with van der Waals surface area (Å²) in [5.74, 6) is 2.45. The molecule has 0 unspecified atom stereocenters. The second kappa shape index (κ2) is 8.77. The number of benzene rings is 3. The molecule has 0 spiro atoms. The Labute approximate surface area is 200 Å². The Morgan fingerprint density at radius 1 is 0.909 bits per heavy atom. The predicted molar refractivity (Wildman–Crippen MR) is 132 cm³/mol. The van der Waals surface area contributed by atoms with Crippen molar-refractivity contribution in [1.29, 1.82) is 0 Å². The molecule has 0 radical (unpaired) electrons. The average Bonchev–Trinajstić information content (AvgIpc) is 3.45. The summed E-state index contributed by atoms with van der Waals surface area (Å²) >= 11 is 12.3. The first-order chi connectivity index (χ1) is 16.0. The van der Waals surface area contributed by atoms with E-state index in [2.05, 4.69) is 9.98 Å². The fraction of sp³-hybridized carbons (Fsp3) is 0.0769. The largest absolute Gasteiger partial charge is 0.495 e. The van der Waals surface area contributed by atoms with Crippen molar-refractivity contribution in [1.82, 2.24) is 4.98 Å². The SMILES string of the molecule is COc1ccc(-c2ccc(C=Nc3cc(-c4nc5cc(Cl)ccc5o4)ccc3C)o2)cc1Cl. The van der Waals surface area contributed by atoms with E-state index in [1.165, 1.54) is 0 Å². The quantitative estimate of drug-likeness (QED) is 0.240. The number of fused-ring (bicyclic) bond motifs is 1.